The summed E-state index contributed by atoms with van der Waals surface area (Å²) in [5, 5.41) is 17.4. The Hall–Kier alpha value is -3.78. The topological polar surface area (TPSA) is 98.7 Å². The summed E-state index contributed by atoms with van der Waals surface area (Å²) < 4.78 is 22.1. The molecule has 0 saturated carbocycles. The van der Waals surface area contributed by atoms with Gasteiger partial charge in [0, 0.05) is 22.7 Å². The molecule has 0 amide bonds. The van der Waals surface area contributed by atoms with Gasteiger partial charge in [0.05, 0.1) is 33.6 Å². The average Bonchev–Trinajstić information content (AvgIpc) is 3.25. The molecule has 0 aliphatic heterocycles. The maximum atomic E-state index is 9.07. The molecule has 8 heteroatoms. The van der Waals surface area contributed by atoms with Gasteiger partial charge in [0.2, 0.25) is 5.75 Å². The summed E-state index contributed by atoms with van der Waals surface area (Å²) in [6.07, 6.45) is 1.78. The molecule has 0 aliphatic rings. The van der Waals surface area contributed by atoms with Crippen LogP contribution in [0.2, 0.25) is 0 Å². The SMILES string of the molecule is COc1cc(-c2[nH]nc3ncc(-c4ccc(C)c(OCCO)c4)cc23)cc(OC)c1OC. The Morgan fingerprint density at radius 3 is 2.25 bits per heavy atom. The Morgan fingerprint density at radius 2 is 1.59 bits per heavy atom. The van der Waals surface area contributed by atoms with E-state index < -0.39 is 0 Å². The average molecular weight is 435 g/mol. The molecular weight excluding hydrogens is 410 g/mol. The standard InChI is InChI=1S/C24H25N3O5/c1-14-5-6-15(10-19(14)32-8-7-28)17-9-18-22(26-27-24(18)25-13-17)16-11-20(29-2)23(31-4)21(12-16)30-3/h5-6,9-13,28H,7-8H2,1-4H3,(H,25,26,27). The number of pyridine rings is 1. The minimum Gasteiger partial charge on any atom is -0.493 e. The maximum absolute atomic E-state index is 9.07. The lowest BCUT2D eigenvalue weighted by Gasteiger charge is -2.14. The summed E-state index contributed by atoms with van der Waals surface area (Å²) in [6.45, 7) is 2.18. The summed E-state index contributed by atoms with van der Waals surface area (Å²) in [5.41, 5.74) is 5.09. The Bertz CT molecular complexity index is 1230. The molecule has 32 heavy (non-hydrogen) atoms. The number of aliphatic hydroxyl groups excluding tert-OH is 1. The predicted molar refractivity (Wildman–Crippen MR) is 122 cm³/mol. The van der Waals surface area contributed by atoms with E-state index in [4.69, 9.17) is 24.1 Å². The van der Waals surface area contributed by atoms with Crippen molar-refractivity contribution in [1.82, 2.24) is 15.2 Å². The van der Waals surface area contributed by atoms with Crippen molar-refractivity contribution in [2.24, 2.45) is 0 Å². The maximum Gasteiger partial charge on any atom is 0.203 e. The lowest BCUT2D eigenvalue weighted by molar-refractivity contribution is 0.200. The fraction of sp³-hybridized carbons (Fsp3) is 0.250. The first-order valence-electron chi connectivity index (χ1n) is 10.1. The zero-order valence-corrected chi connectivity index (χ0v) is 18.4. The van der Waals surface area contributed by atoms with Crippen LogP contribution in [0.1, 0.15) is 5.56 Å². The molecule has 2 heterocycles. The highest BCUT2D eigenvalue weighted by Gasteiger charge is 2.18. The van der Waals surface area contributed by atoms with E-state index in [0.29, 0.717) is 22.9 Å². The van der Waals surface area contributed by atoms with Crippen LogP contribution in [0.15, 0.2) is 42.6 Å². The van der Waals surface area contributed by atoms with Gasteiger partial charge in [-0.3, -0.25) is 5.10 Å². The predicted octanol–water partition coefficient (Wildman–Crippen LogP) is 4.00. The molecule has 0 aliphatic carbocycles. The van der Waals surface area contributed by atoms with E-state index in [9.17, 15) is 0 Å². The molecule has 166 valence electrons. The number of aromatic nitrogens is 3. The Kier molecular flexibility index (Phi) is 6.13. The van der Waals surface area contributed by atoms with Gasteiger partial charge in [0.1, 0.15) is 12.4 Å². The van der Waals surface area contributed by atoms with Crippen molar-refractivity contribution in [3.05, 3.63) is 48.2 Å². The van der Waals surface area contributed by atoms with Gasteiger partial charge in [-0.05, 0) is 42.3 Å². The number of H-pyrrole nitrogens is 1. The number of aliphatic hydroxyl groups is 1. The van der Waals surface area contributed by atoms with Crippen LogP contribution in [-0.4, -0.2) is 54.8 Å². The summed E-state index contributed by atoms with van der Waals surface area (Å²) in [4.78, 5) is 4.53. The third kappa shape index (κ3) is 3.92. The molecule has 0 spiro atoms. The third-order valence-corrected chi connectivity index (χ3v) is 5.23. The summed E-state index contributed by atoms with van der Waals surface area (Å²) in [5.74, 6) is 2.36. The first kappa shape index (κ1) is 21.5. The zero-order valence-electron chi connectivity index (χ0n) is 18.4. The lowest BCUT2D eigenvalue weighted by Crippen LogP contribution is -2.02. The Labute approximate surface area is 185 Å². The molecule has 0 unspecified atom stereocenters. The van der Waals surface area contributed by atoms with E-state index in [1.807, 2.05) is 43.3 Å². The fourth-order valence-corrected chi connectivity index (χ4v) is 3.59. The second-order valence-electron chi connectivity index (χ2n) is 7.16. The Balaban J connectivity index is 1.81. The number of nitrogens with one attached hydrogen (secondary N) is 1. The van der Waals surface area contributed by atoms with Crippen LogP contribution in [0.5, 0.6) is 23.0 Å². The largest absolute Gasteiger partial charge is 0.493 e. The molecule has 4 rings (SSSR count). The van der Waals surface area contributed by atoms with Crippen LogP contribution in [0.3, 0.4) is 0 Å². The molecule has 2 N–H and O–H groups in total. The lowest BCUT2D eigenvalue weighted by atomic mass is 10.0. The van der Waals surface area contributed by atoms with Crippen LogP contribution in [0.4, 0.5) is 0 Å². The summed E-state index contributed by atoms with van der Waals surface area (Å²) in [7, 11) is 4.74. The highest BCUT2D eigenvalue weighted by molar-refractivity contribution is 5.94. The smallest absolute Gasteiger partial charge is 0.203 e. The molecule has 0 fully saturated rings. The van der Waals surface area contributed by atoms with Crippen LogP contribution >= 0.6 is 0 Å². The van der Waals surface area contributed by atoms with E-state index >= 15 is 0 Å². The van der Waals surface area contributed by atoms with Crippen LogP contribution in [0, 0.1) is 6.92 Å². The molecule has 8 nitrogen and oxygen atoms in total. The number of ether oxygens (including phenoxy) is 4. The first-order chi connectivity index (χ1) is 15.6. The molecular formula is C24H25N3O5. The number of nitrogens with zero attached hydrogens (tertiary/aromatic N) is 2. The first-order valence-corrected chi connectivity index (χ1v) is 10.1. The normalized spacial score (nSPS) is 10.9. The van der Waals surface area contributed by atoms with Crippen LogP contribution < -0.4 is 18.9 Å². The quantitative estimate of drug-likeness (QED) is 0.432. The molecule has 0 radical (unpaired) electrons. The van der Waals surface area contributed by atoms with E-state index in [1.54, 1.807) is 27.5 Å². The number of aryl methyl sites for hydroxylation is 1. The number of fused-ring (bicyclic) bond motifs is 1. The number of methoxy groups -OCH3 is 3. The highest BCUT2D eigenvalue weighted by atomic mass is 16.5. The number of benzene rings is 2. The minimum atomic E-state index is -0.0374. The molecule has 0 atom stereocenters. The third-order valence-electron chi connectivity index (χ3n) is 5.23. The van der Waals surface area contributed by atoms with Gasteiger partial charge in [-0.25, -0.2) is 4.98 Å². The molecule has 2 aromatic heterocycles. The summed E-state index contributed by atoms with van der Waals surface area (Å²) in [6, 6.07) is 11.7. The van der Waals surface area contributed by atoms with Crippen LogP contribution in [-0.2, 0) is 0 Å². The second-order valence-corrected chi connectivity index (χ2v) is 7.16. The number of hydrogen-bond acceptors (Lipinski definition) is 7. The number of aromatic amines is 1. The minimum absolute atomic E-state index is 0.0374. The van der Waals surface area contributed by atoms with Gasteiger partial charge < -0.3 is 24.1 Å². The fourth-order valence-electron chi connectivity index (χ4n) is 3.59. The van der Waals surface area contributed by atoms with Crippen molar-refractivity contribution < 1.29 is 24.1 Å². The van der Waals surface area contributed by atoms with Crippen molar-refractivity contribution in [3.63, 3.8) is 0 Å². The number of rotatable bonds is 8. The van der Waals surface area contributed by atoms with Gasteiger partial charge in [-0.1, -0.05) is 12.1 Å². The van der Waals surface area contributed by atoms with Gasteiger partial charge >= 0.3 is 0 Å². The van der Waals surface area contributed by atoms with Crippen molar-refractivity contribution in [2.75, 3.05) is 34.5 Å². The summed E-state index contributed by atoms with van der Waals surface area (Å²) >= 11 is 0. The van der Waals surface area contributed by atoms with Crippen molar-refractivity contribution in [3.8, 4) is 45.4 Å². The van der Waals surface area contributed by atoms with Crippen molar-refractivity contribution in [2.45, 2.75) is 6.92 Å². The van der Waals surface area contributed by atoms with Crippen molar-refractivity contribution >= 4 is 11.0 Å². The zero-order chi connectivity index (χ0) is 22.7. The van der Waals surface area contributed by atoms with Gasteiger partial charge in [0.15, 0.2) is 17.1 Å². The van der Waals surface area contributed by atoms with Crippen molar-refractivity contribution in [1.29, 1.82) is 0 Å². The monoisotopic (exact) mass is 435 g/mol. The van der Waals surface area contributed by atoms with E-state index in [0.717, 1.165) is 39.1 Å². The van der Waals surface area contributed by atoms with E-state index in [2.05, 4.69) is 15.2 Å². The molecule has 2 aromatic carbocycles. The van der Waals surface area contributed by atoms with Crippen LogP contribution in [0.25, 0.3) is 33.4 Å². The van der Waals surface area contributed by atoms with E-state index in [1.165, 1.54) is 0 Å². The van der Waals surface area contributed by atoms with Gasteiger partial charge in [-0.15, -0.1) is 0 Å². The van der Waals surface area contributed by atoms with E-state index in [-0.39, 0.29) is 13.2 Å². The number of hydrogen-bond donors (Lipinski definition) is 2. The molecule has 0 saturated heterocycles. The van der Waals surface area contributed by atoms with Gasteiger partial charge in [0.25, 0.3) is 0 Å². The molecule has 4 aromatic rings. The Morgan fingerprint density at radius 1 is 0.875 bits per heavy atom. The van der Waals surface area contributed by atoms with Gasteiger partial charge in [-0.2, -0.15) is 5.10 Å². The molecule has 0 bridgehead atoms. The second kappa shape index (κ2) is 9.15. The highest BCUT2D eigenvalue weighted by Crippen LogP contribution is 2.42.